The monoisotopic (exact) mass is 311 g/mol. The Morgan fingerprint density at radius 2 is 1.87 bits per heavy atom. The molecule has 1 heterocycles. The molecule has 4 nitrogen and oxygen atoms in total. The number of nitrogens with zero attached hydrogens (tertiary/aromatic N) is 2. The van der Waals surface area contributed by atoms with E-state index in [4.69, 9.17) is 9.72 Å². The van der Waals surface area contributed by atoms with E-state index >= 15 is 0 Å². The van der Waals surface area contributed by atoms with Crippen molar-refractivity contribution >= 4 is 5.82 Å². The first-order chi connectivity index (χ1) is 11.2. The summed E-state index contributed by atoms with van der Waals surface area (Å²) in [5.41, 5.74) is 4.70. The van der Waals surface area contributed by atoms with Crippen LogP contribution in [0, 0.1) is 5.92 Å². The molecule has 2 atom stereocenters. The number of ether oxygens (including phenoxy) is 1. The van der Waals surface area contributed by atoms with Crippen molar-refractivity contribution in [3.05, 3.63) is 46.8 Å². The summed E-state index contributed by atoms with van der Waals surface area (Å²) in [4.78, 5) is 9.46. The van der Waals surface area contributed by atoms with Gasteiger partial charge in [0.15, 0.2) is 0 Å². The molecule has 1 aromatic heterocycles. The first-order valence-corrected chi connectivity index (χ1v) is 8.46. The number of nitrogens with one attached hydrogen (secondary N) is 1. The lowest BCUT2D eigenvalue weighted by Crippen LogP contribution is -2.18. The van der Waals surface area contributed by atoms with Gasteiger partial charge >= 0.3 is 0 Å². The van der Waals surface area contributed by atoms with Crippen LogP contribution in [0.15, 0.2) is 24.3 Å². The molecule has 4 heteroatoms. The summed E-state index contributed by atoms with van der Waals surface area (Å²) in [6.45, 7) is 6.47. The molecule has 122 valence electrons. The molecule has 2 aromatic rings. The van der Waals surface area contributed by atoms with Gasteiger partial charge in [-0.1, -0.05) is 45.0 Å². The molecule has 0 unspecified atom stereocenters. The van der Waals surface area contributed by atoms with Crippen LogP contribution in [-0.4, -0.2) is 17.1 Å². The van der Waals surface area contributed by atoms with Gasteiger partial charge in [-0.3, -0.25) is 0 Å². The van der Waals surface area contributed by atoms with Gasteiger partial charge in [-0.25, -0.2) is 9.97 Å². The molecule has 1 aliphatic rings. The SMILES string of the molecule is CCc1nc(OC)c(CC)nc1N[C@@H]1c2ccccc2C[C@@H]1C. The number of fused-ring (bicyclic) bond motifs is 1. The molecule has 0 spiro atoms. The third-order valence-corrected chi connectivity index (χ3v) is 4.66. The number of anilines is 1. The number of benzene rings is 1. The third kappa shape index (κ3) is 2.90. The van der Waals surface area contributed by atoms with Gasteiger partial charge in [0.1, 0.15) is 11.5 Å². The smallest absolute Gasteiger partial charge is 0.235 e. The fourth-order valence-electron chi connectivity index (χ4n) is 3.41. The predicted molar refractivity (Wildman–Crippen MR) is 93.0 cm³/mol. The van der Waals surface area contributed by atoms with Crippen molar-refractivity contribution in [2.45, 2.75) is 46.1 Å². The minimum atomic E-state index is 0.295. The Hall–Kier alpha value is -2.10. The molecule has 1 aliphatic carbocycles. The zero-order valence-electron chi connectivity index (χ0n) is 14.4. The highest BCUT2D eigenvalue weighted by Gasteiger charge is 2.30. The van der Waals surface area contributed by atoms with Gasteiger partial charge in [-0.2, -0.15) is 0 Å². The first-order valence-electron chi connectivity index (χ1n) is 8.46. The van der Waals surface area contributed by atoms with Crippen LogP contribution >= 0.6 is 0 Å². The Bertz CT molecular complexity index is 699. The van der Waals surface area contributed by atoms with E-state index in [0.29, 0.717) is 17.8 Å². The van der Waals surface area contributed by atoms with Crippen LogP contribution < -0.4 is 10.1 Å². The average molecular weight is 311 g/mol. The maximum absolute atomic E-state index is 5.38. The number of hydrogen-bond acceptors (Lipinski definition) is 4. The third-order valence-electron chi connectivity index (χ3n) is 4.66. The van der Waals surface area contributed by atoms with Gasteiger partial charge in [-0.05, 0) is 36.3 Å². The molecule has 0 fully saturated rings. The zero-order chi connectivity index (χ0) is 16.4. The number of hydrogen-bond donors (Lipinski definition) is 1. The van der Waals surface area contributed by atoms with Crippen LogP contribution in [0.25, 0.3) is 0 Å². The van der Waals surface area contributed by atoms with E-state index in [2.05, 4.69) is 55.3 Å². The molecular weight excluding hydrogens is 286 g/mol. The number of aryl methyl sites for hydroxylation is 2. The summed E-state index contributed by atoms with van der Waals surface area (Å²) in [5.74, 6) is 2.10. The Kier molecular flexibility index (Phi) is 4.51. The van der Waals surface area contributed by atoms with Crippen LogP contribution in [0.5, 0.6) is 5.88 Å². The number of methoxy groups -OCH3 is 1. The van der Waals surface area contributed by atoms with Crippen LogP contribution in [0.3, 0.4) is 0 Å². The standard InChI is InChI=1S/C19H25N3O/c1-5-15-18(20-16(6-2)19(21-15)23-4)22-17-12(3)11-13-9-7-8-10-14(13)17/h7-10,12,17H,5-6,11H2,1-4H3,(H,20,22)/t12-,17-/m0/s1. The number of rotatable bonds is 5. The van der Waals surface area contributed by atoms with Crippen LogP contribution in [0.2, 0.25) is 0 Å². The highest BCUT2D eigenvalue weighted by atomic mass is 16.5. The molecule has 0 saturated carbocycles. The quantitative estimate of drug-likeness (QED) is 0.908. The van der Waals surface area contributed by atoms with Gasteiger partial charge < -0.3 is 10.1 Å². The van der Waals surface area contributed by atoms with Gasteiger partial charge in [0.05, 0.1) is 18.8 Å². The number of aromatic nitrogens is 2. The molecule has 0 saturated heterocycles. The lowest BCUT2D eigenvalue weighted by molar-refractivity contribution is 0.388. The van der Waals surface area contributed by atoms with Gasteiger partial charge in [0.2, 0.25) is 5.88 Å². The van der Waals surface area contributed by atoms with Crippen molar-refractivity contribution in [1.29, 1.82) is 0 Å². The minimum absolute atomic E-state index is 0.295. The van der Waals surface area contributed by atoms with Crippen molar-refractivity contribution < 1.29 is 4.74 Å². The highest BCUT2D eigenvalue weighted by Crippen LogP contribution is 2.38. The van der Waals surface area contributed by atoms with Crippen LogP contribution in [-0.2, 0) is 19.3 Å². The molecular formula is C19H25N3O. The van der Waals surface area contributed by atoms with Crippen LogP contribution in [0.4, 0.5) is 5.82 Å². The van der Waals surface area contributed by atoms with Gasteiger partial charge in [-0.15, -0.1) is 0 Å². The molecule has 0 amide bonds. The molecule has 0 radical (unpaired) electrons. The Morgan fingerprint density at radius 3 is 2.57 bits per heavy atom. The second kappa shape index (κ2) is 6.57. The second-order valence-corrected chi connectivity index (χ2v) is 6.18. The van der Waals surface area contributed by atoms with E-state index in [9.17, 15) is 0 Å². The van der Waals surface area contributed by atoms with Crippen molar-refractivity contribution in [3.8, 4) is 5.88 Å². The van der Waals surface area contributed by atoms with Crippen molar-refractivity contribution in [2.24, 2.45) is 5.92 Å². The molecule has 23 heavy (non-hydrogen) atoms. The average Bonchev–Trinajstić information content (AvgIpc) is 2.90. The van der Waals surface area contributed by atoms with Gasteiger partial charge in [0, 0.05) is 0 Å². The molecule has 0 bridgehead atoms. The largest absolute Gasteiger partial charge is 0.480 e. The molecule has 1 aromatic carbocycles. The summed E-state index contributed by atoms with van der Waals surface area (Å²) in [6, 6.07) is 8.98. The maximum Gasteiger partial charge on any atom is 0.235 e. The second-order valence-electron chi connectivity index (χ2n) is 6.18. The molecule has 0 aliphatic heterocycles. The van der Waals surface area contributed by atoms with E-state index in [1.54, 1.807) is 7.11 Å². The van der Waals surface area contributed by atoms with Crippen molar-refractivity contribution in [3.63, 3.8) is 0 Å². The fourth-order valence-corrected chi connectivity index (χ4v) is 3.41. The molecule has 3 rings (SSSR count). The normalized spacial score (nSPS) is 19.5. The van der Waals surface area contributed by atoms with Crippen LogP contribution in [0.1, 0.15) is 49.3 Å². The zero-order valence-corrected chi connectivity index (χ0v) is 14.4. The fraction of sp³-hybridized carbons (Fsp3) is 0.474. The topological polar surface area (TPSA) is 47.0 Å². The van der Waals surface area contributed by atoms with E-state index in [-0.39, 0.29) is 0 Å². The minimum Gasteiger partial charge on any atom is -0.480 e. The van der Waals surface area contributed by atoms with Gasteiger partial charge in [0.25, 0.3) is 0 Å². The Balaban J connectivity index is 1.96. The summed E-state index contributed by atoms with van der Waals surface area (Å²) < 4.78 is 5.38. The predicted octanol–water partition coefficient (Wildman–Crippen LogP) is 3.96. The van der Waals surface area contributed by atoms with E-state index in [0.717, 1.165) is 36.5 Å². The maximum atomic E-state index is 5.38. The first kappa shape index (κ1) is 15.8. The van der Waals surface area contributed by atoms with E-state index in [1.807, 2.05) is 0 Å². The summed E-state index contributed by atoms with van der Waals surface area (Å²) >= 11 is 0. The summed E-state index contributed by atoms with van der Waals surface area (Å²) in [5, 5.41) is 3.66. The Morgan fingerprint density at radius 1 is 1.13 bits per heavy atom. The van der Waals surface area contributed by atoms with Crippen molar-refractivity contribution in [1.82, 2.24) is 9.97 Å². The van der Waals surface area contributed by atoms with Crippen molar-refractivity contribution in [2.75, 3.05) is 12.4 Å². The van der Waals surface area contributed by atoms with E-state index < -0.39 is 0 Å². The summed E-state index contributed by atoms with van der Waals surface area (Å²) in [6.07, 6.45) is 2.75. The lowest BCUT2D eigenvalue weighted by Gasteiger charge is -2.22. The molecule has 1 N–H and O–H groups in total. The lowest BCUT2D eigenvalue weighted by atomic mass is 10.0. The summed E-state index contributed by atoms with van der Waals surface area (Å²) in [7, 11) is 1.66. The Labute approximate surface area is 138 Å². The highest BCUT2D eigenvalue weighted by molar-refractivity contribution is 5.49. The van der Waals surface area contributed by atoms with E-state index in [1.165, 1.54) is 11.1 Å².